The van der Waals surface area contributed by atoms with Crippen molar-refractivity contribution in [1.29, 1.82) is 0 Å². The molecule has 0 amide bonds. The lowest BCUT2D eigenvalue weighted by Gasteiger charge is -2.22. The fourth-order valence-electron chi connectivity index (χ4n) is 0.713. The van der Waals surface area contributed by atoms with Crippen LogP contribution in [-0.4, -0.2) is 50.6 Å². The Balaban J connectivity index is 4.18. The summed E-state index contributed by atoms with van der Waals surface area (Å²) in [4.78, 5) is 10.5. The minimum atomic E-state index is -1.64. The van der Waals surface area contributed by atoms with Crippen LogP contribution in [0, 0.1) is 0 Å². The number of hydrogen-bond donors (Lipinski definition) is 4. The van der Waals surface area contributed by atoms with Gasteiger partial charge in [0, 0.05) is 0 Å². The number of carbonyl (C=O) groups is 1. The van der Waals surface area contributed by atoms with Gasteiger partial charge in [-0.2, -0.15) is 0 Å². The molecule has 0 fully saturated rings. The third-order valence-electron chi connectivity index (χ3n) is 1.58. The minimum absolute atomic E-state index is 0.651. The molecule has 4 atom stereocenters. The molecule has 5 heteroatoms. The highest BCUT2D eigenvalue weighted by molar-refractivity contribution is 5.80. The third kappa shape index (κ3) is 2.86. The van der Waals surface area contributed by atoms with Gasteiger partial charge in [-0.25, -0.2) is 0 Å². The average Bonchev–Trinajstić information content (AvgIpc) is 2.00. The van der Waals surface area contributed by atoms with Crippen molar-refractivity contribution in [2.45, 2.75) is 38.3 Å². The van der Waals surface area contributed by atoms with Crippen LogP contribution in [0.3, 0.4) is 0 Å². The van der Waals surface area contributed by atoms with E-state index in [-0.39, 0.29) is 0 Å². The molecule has 0 aliphatic heterocycles. The predicted molar refractivity (Wildman–Crippen MR) is 40.4 cm³/mol. The Hall–Kier alpha value is -0.490. The molecule has 0 bridgehead atoms. The van der Waals surface area contributed by atoms with Crippen LogP contribution in [0.25, 0.3) is 0 Å². The smallest absolute Gasteiger partial charge is 0.160 e. The standard InChI is InChI=1S/C7H14O5/c1-3(8)5(10)7(12)6(11)4(2)9/h3,5-8,10-12H,1-2H3/t3-,5-,6-,7+/m1/s1. The Morgan fingerprint density at radius 1 is 1.08 bits per heavy atom. The van der Waals surface area contributed by atoms with Gasteiger partial charge in [-0.1, -0.05) is 0 Å². The molecule has 5 nitrogen and oxygen atoms in total. The number of carbonyl (C=O) groups excluding carboxylic acids is 1. The van der Waals surface area contributed by atoms with Gasteiger partial charge in [0.25, 0.3) is 0 Å². The van der Waals surface area contributed by atoms with E-state index < -0.39 is 30.2 Å². The fraction of sp³-hybridized carbons (Fsp3) is 0.857. The minimum Gasteiger partial charge on any atom is -0.391 e. The van der Waals surface area contributed by atoms with Gasteiger partial charge in [-0.3, -0.25) is 4.79 Å². The molecule has 12 heavy (non-hydrogen) atoms. The van der Waals surface area contributed by atoms with Gasteiger partial charge in [0.15, 0.2) is 5.78 Å². The first-order chi connectivity index (χ1) is 5.37. The molecule has 0 aromatic heterocycles. The maximum Gasteiger partial charge on any atom is 0.160 e. The third-order valence-corrected chi connectivity index (χ3v) is 1.58. The molecule has 0 heterocycles. The molecule has 0 saturated heterocycles. The number of aliphatic hydroxyl groups is 4. The number of rotatable bonds is 4. The van der Waals surface area contributed by atoms with E-state index in [9.17, 15) is 4.79 Å². The highest BCUT2D eigenvalue weighted by Crippen LogP contribution is 2.05. The van der Waals surface area contributed by atoms with Crippen molar-refractivity contribution in [3.63, 3.8) is 0 Å². The normalized spacial score (nSPS) is 21.2. The summed E-state index contributed by atoms with van der Waals surface area (Å²) >= 11 is 0. The molecule has 0 aliphatic rings. The summed E-state index contributed by atoms with van der Waals surface area (Å²) in [5.41, 5.74) is 0. The van der Waals surface area contributed by atoms with Crippen molar-refractivity contribution in [3.8, 4) is 0 Å². The molecule has 0 aliphatic carbocycles. The lowest BCUT2D eigenvalue weighted by atomic mass is 10.0. The number of Topliss-reactive ketones (excluding diaryl/α,β-unsaturated/α-hetero) is 1. The van der Waals surface area contributed by atoms with Gasteiger partial charge in [-0.15, -0.1) is 0 Å². The zero-order valence-corrected chi connectivity index (χ0v) is 7.01. The van der Waals surface area contributed by atoms with Crippen molar-refractivity contribution < 1.29 is 25.2 Å². The van der Waals surface area contributed by atoms with Crippen molar-refractivity contribution in [1.82, 2.24) is 0 Å². The van der Waals surface area contributed by atoms with E-state index in [4.69, 9.17) is 20.4 Å². The second-order valence-electron chi connectivity index (χ2n) is 2.78. The SMILES string of the molecule is CC(=O)[C@@H](O)[C@@H](O)[C@H](O)[C@@H](C)O. The maximum atomic E-state index is 10.5. The van der Waals surface area contributed by atoms with Gasteiger partial charge in [-0.05, 0) is 13.8 Å². The molecular weight excluding hydrogens is 164 g/mol. The molecule has 4 N–H and O–H groups in total. The van der Waals surface area contributed by atoms with Gasteiger partial charge in [0.05, 0.1) is 6.10 Å². The zero-order valence-electron chi connectivity index (χ0n) is 7.01. The van der Waals surface area contributed by atoms with Gasteiger partial charge in [0.1, 0.15) is 18.3 Å². The average molecular weight is 178 g/mol. The van der Waals surface area contributed by atoms with Crippen LogP contribution in [0.1, 0.15) is 13.8 Å². The monoisotopic (exact) mass is 178 g/mol. The van der Waals surface area contributed by atoms with E-state index in [2.05, 4.69) is 0 Å². The topological polar surface area (TPSA) is 98.0 Å². The van der Waals surface area contributed by atoms with Crippen molar-refractivity contribution in [3.05, 3.63) is 0 Å². The van der Waals surface area contributed by atoms with Crippen molar-refractivity contribution >= 4 is 5.78 Å². The molecule has 0 unspecified atom stereocenters. The Labute approximate surface area is 70.3 Å². The van der Waals surface area contributed by atoms with E-state index in [0.717, 1.165) is 6.92 Å². The predicted octanol–water partition coefficient (Wildman–Crippen LogP) is -1.96. The first-order valence-corrected chi connectivity index (χ1v) is 3.60. The summed E-state index contributed by atoms with van der Waals surface area (Å²) in [6.07, 6.45) is -5.98. The van der Waals surface area contributed by atoms with Crippen LogP contribution < -0.4 is 0 Å². The fourth-order valence-corrected chi connectivity index (χ4v) is 0.713. The zero-order chi connectivity index (χ0) is 9.89. The maximum absolute atomic E-state index is 10.5. The second-order valence-corrected chi connectivity index (χ2v) is 2.78. The van der Waals surface area contributed by atoms with Crippen LogP contribution in [-0.2, 0) is 4.79 Å². The van der Waals surface area contributed by atoms with Crippen LogP contribution in [0.15, 0.2) is 0 Å². The van der Waals surface area contributed by atoms with E-state index in [0.29, 0.717) is 0 Å². The molecular formula is C7H14O5. The Morgan fingerprint density at radius 2 is 1.50 bits per heavy atom. The summed E-state index contributed by atoms with van der Waals surface area (Å²) < 4.78 is 0. The summed E-state index contributed by atoms with van der Waals surface area (Å²) in [5, 5.41) is 35.8. The Bertz CT molecular complexity index is 156. The quantitative estimate of drug-likeness (QED) is 0.400. The Morgan fingerprint density at radius 3 is 1.75 bits per heavy atom. The molecule has 0 aromatic rings. The largest absolute Gasteiger partial charge is 0.391 e. The number of aliphatic hydroxyl groups excluding tert-OH is 4. The molecule has 72 valence electrons. The molecule has 0 radical (unpaired) electrons. The van der Waals surface area contributed by atoms with Crippen LogP contribution in [0.5, 0.6) is 0 Å². The lowest BCUT2D eigenvalue weighted by Crippen LogP contribution is -2.46. The van der Waals surface area contributed by atoms with E-state index in [1.54, 1.807) is 0 Å². The van der Waals surface area contributed by atoms with Crippen molar-refractivity contribution in [2.24, 2.45) is 0 Å². The highest BCUT2D eigenvalue weighted by Gasteiger charge is 2.30. The molecule has 0 spiro atoms. The second kappa shape index (κ2) is 4.51. The van der Waals surface area contributed by atoms with E-state index in [1.807, 2.05) is 0 Å². The first kappa shape index (κ1) is 11.5. The number of ketones is 1. The lowest BCUT2D eigenvalue weighted by molar-refractivity contribution is -0.141. The molecule has 0 rings (SSSR count). The summed E-state index contributed by atoms with van der Waals surface area (Å²) in [6, 6.07) is 0. The van der Waals surface area contributed by atoms with Gasteiger partial charge in [0.2, 0.25) is 0 Å². The molecule has 0 aromatic carbocycles. The summed E-state index contributed by atoms with van der Waals surface area (Å²) in [6.45, 7) is 2.34. The van der Waals surface area contributed by atoms with Crippen LogP contribution in [0.2, 0.25) is 0 Å². The Kier molecular flexibility index (Phi) is 4.33. The highest BCUT2D eigenvalue weighted by atomic mass is 16.4. The van der Waals surface area contributed by atoms with E-state index in [1.165, 1.54) is 6.92 Å². The molecule has 0 saturated carbocycles. The summed E-state index contributed by atoms with van der Waals surface area (Å²) in [5.74, 6) is -0.651. The summed E-state index contributed by atoms with van der Waals surface area (Å²) in [7, 11) is 0. The van der Waals surface area contributed by atoms with Crippen LogP contribution >= 0.6 is 0 Å². The first-order valence-electron chi connectivity index (χ1n) is 3.60. The van der Waals surface area contributed by atoms with E-state index >= 15 is 0 Å². The van der Waals surface area contributed by atoms with Crippen LogP contribution in [0.4, 0.5) is 0 Å². The number of hydrogen-bond acceptors (Lipinski definition) is 5. The van der Waals surface area contributed by atoms with Gasteiger partial charge < -0.3 is 20.4 Å². The van der Waals surface area contributed by atoms with Crippen molar-refractivity contribution in [2.75, 3.05) is 0 Å². The van der Waals surface area contributed by atoms with Gasteiger partial charge >= 0.3 is 0 Å².